The molecule has 6 heteroatoms. The molecular formula is C11H9ClFNO3. The summed E-state index contributed by atoms with van der Waals surface area (Å²) in [5.74, 6) is -3.01. The topological polar surface area (TPSA) is 66.4 Å². The number of carbonyl (C=O) groups is 2. The third kappa shape index (κ3) is 2.55. The van der Waals surface area contributed by atoms with Crippen LogP contribution in [-0.2, 0) is 9.59 Å². The van der Waals surface area contributed by atoms with Gasteiger partial charge in [-0.15, -0.1) is 0 Å². The van der Waals surface area contributed by atoms with Gasteiger partial charge in [0.2, 0.25) is 5.91 Å². The summed E-state index contributed by atoms with van der Waals surface area (Å²) in [7, 11) is 0. The molecule has 2 atom stereocenters. The molecule has 0 bridgehead atoms. The molecule has 2 unspecified atom stereocenters. The maximum atomic E-state index is 12.7. The third-order valence-corrected chi connectivity index (χ3v) is 2.95. The van der Waals surface area contributed by atoms with Crippen molar-refractivity contribution in [3.63, 3.8) is 0 Å². The van der Waals surface area contributed by atoms with Crippen LogP contribution in [0, 0.1) is 17.7 Å². The van der Waals surface area contributed by atoms with E-state index in [-0.39, 0.29) is 10.7 Å². The van der Waals surface area contributed by atoms with Gasteiger partial charge in [0, 0.05) is 0 Å². The predicted molar refractivity (Wildman–Crippen MR) is 59.3 cm³/mol. The van der Waals surface area contributed by atoms with Crippen molar-refractivity contribution in [2.45, 2.75) is 6.42 Å². The molecule has 0 aromatic heterocycles. The molecule has 0 spiro atoms. The van der Waals surface area contributed by atoms with Gasteiger partial charge in [-0.3, -0.25) is 9.59 Å². The van der Waals surface area contributed by atoms with E-state index in [0.29, 0.717) is 6.42 Å². The summed E-state index contributed by atoms with van der Waals surface area (Å²) in [5.41, 5.74) is 0.286. The zero-order valence-electron chi connectivity index (χ0n) is 8.61. The van der Waals surface area contributed by atoms with E-state index in [1.807, 2.05) is 0 Å². The Bertz CT molecular complexity index is 492. The zero-order valence-corrected chi connectivity index (χ0v) is 9.37. The van der Waals surface area contributed by atoms with E-state index in [4.69, 9.17) is 16.7 Å². The summed E-state index contributed by atoms with van der Waals surface area (Å²) in [6, 6.07) is 3.59. The van der Waals surface area contributed by atoms with Gasteiger partial charge in [0.1, 0.15) is 5.82 Å². The molecule has 1 saturated carbocycles. The fraction of sp³-hybridized carbons (Fsp3) is 0.273. The summed E-state index contributed by atoms with van der Waals surface area (Å²) >= 11 is 5.73. The number of rotatable bonds is 3. The number of benzene rings is 1. The largest absolute Gasteiger partial charge is 0.481 e. The average Bonchev–Trinajstić information content (AvgIpc) is 3.01. The standard InChI is InChI=1S/C11H9ClFNO3/c12-8-3-5(13)1-2-9(8)14-10(15)6-4-7(6)11(16)17/h1-3,6-7H,4H2,(H,14,15)(H,16,17). The van der Waals surface area contributed by atoms with Crippen molar-refractivity contribution >= 4 is 29.2 Å². The van der Waals surface area contributed by atoms with Crippen LogP contribution in [-0.4, -0.2) is 17.0 Å². The van der Waals surface area contributed by atoms with E-state index in [9.17, 15) is 14.0 Å². The van der Waals surface area contributed by atoms with Crippen molar-refractivity contribution in [2.24, 2.45) is 11.8 Å². The van der Waals surface area contributed by atoms with Crippen LogP contribution in [0.2, 0.25) is 5.02 Å². The van der Waals surface area contributed by atoms with Gasteiger partial charge in [-0.05, 0) is 24.6 Å². The highest BCUT2D eigenvalue weighted by Crippen LogP contribution is 2.39. The first-order chi connectivity index (χ1) is 7.99. The van der Waals surface area contributed by atoms with Crippen LogP contribution >= 0.6 is 11.6 Å². The molecule has 1 aliphatic carbocycles. The second kappa shape index (κ2) is 4.33. The molecule has 1 amide bonds. The highest BCUT2D eigenvalue weighted by atomic mass is 35.5. The first kappa shape index (κ1) is 11.9. The second-order valence-corrected chi connectivity index (χ2v) is 4.31. The number of halogens is 2. The number of hydrogen-bond acceptors (Lipinski definition) is 2. The van der Waals surface area contributed by atoms with Gasteiger partial charge in [-0.1, -0.05) is 11.6 Å². The lowest BCUT2D eigenvalue weighted by molar-refractivity contribution is -0.139. The van der Waals surface area contributed by atoms with Gasteiger partial charge >= 0.3 is 5.97 Å². The summed E-state index contributed by atoms with van der Waals surface area (Å²) in [5, 5.41) is 11.2. The number of carboxylic acid groups (broad SMARTS) is 1. The van der Waals surface area contributed by atoms with Crippen LogP contribution in [0.5, 0.6) is 0 Å². The lowest BCUT2D eigenvalue weighted by atomic mass is 10.2. The Labute approximate surface area is 101 Å². The molecule has 1 fully saturated rings. The molecule has 17 heavy (non-hydrogen) atoms. The maximum absolute atomic E-state index is 12.7. The van der Waals surface area contributed by atoms with Crippen molar-refractivity contribution in [3.05, 3.63) is 29.0 Å². The smallest absolute Gasteiger partial charge is 0.307 e. The van der Waals surface area contributed by atoms with Gasteiger partial charge in [-0.2, -0.15) is 0 Å². The molecule has 1 aliphatic rings. The average molecular weight is 258 g/mol. The Morgan fingerprint density at radius 2 is 2.12 bits per heavy atom. The lowest BCUT2D eigenvalue weighted by Gasteiger charge is -2.06. The van der Waals surface area contributed by atoms with E-state index < -0.39 is 29.5 Å². The highest BCUT2D eigenvalue weighted by molar-refractivity contribution is 6.33. The van der Waals surface area contributed by atoms with E-state index in [1.54, 1.807) is 0 Å². The van der Waals surface area contributed by atoms with E-state index in [0.717, 1.165) is 6.07 Å². The van der Waals surface area contributed by atoms with Crippen LogP contribution in [0.25, 0.3) is 0 Å². The Morgan fingerprint density at radius 1 is 1.41 bits per heavy atom. The Kier molecular flexibility index (Phi) is 3.02. The van der Waals surface area contributed by atoms with Crippen LogP contribution in [0.15, 0.2) is 18.2 Å². The Morgan fingerprint density at radius 3 is 2.65 bits per heavy atom. The van der Waals surface area contributed by atoms with Crippen LogP contribution < -0.4 is 5.32 Å². The zero-order chi connectivity index (χ0) is 12.6. The Hall–Kier alpha value is -1.62. The number of amides is 1. The monoisotopic (exact) mass is 257 g/mol. The molecule has 0 aliphatic heterocycles. The van der Waals surface area contributed by atoms with Crippen molar-refractivity contribution in [2.75, 3.05) is 5.32 Å². The van der Waals surface area contributed by atoms with Gasteiger partial charge in [0.15, 0.2) is 0 Å². The summed E-state index contributed by atoms with van der Waals surface area (Å²) < 4.78 is 12.7. The maximum Gasteiger partial charge on any atom is 0.307 e. The number of nitrogens with one attached hydrogen (secondary N) is 1. The lowest BCUT2D eigenvalue weighted by Crippen LogP contribution is -2.17. The summed E-state index contributed by atoms with van der Waals surface area (Å²) in [6.45, 7) is 0. The van der Waals surface area contributed by atoms with Crippen LogP contribution in [0.1, 0.15) is 6.42 Å². The number of carbonyl (C=O) groups excluding carboxylic acids is 1. The molecule has 2 rings (SSSR count). The molecule has 1 aromatic carbocycles. The first-order valence-electron chi connectivity index (χ1n) is 4.98. The van der Waals surface area contributed by atoms with Gasteiger partial charge in [0.05, 0.1) is 22.5 Å². The quantitative estimate of drug-likeness (QED) is 0.872. The van der Waals surface area contributed by atoms with E-state index >= 15 is 0 Å². The molecule has 1 aromatic rings. The predicted octanol–water partition coefficient (Wildman–Crippen LogP) is 2.14. The first-order valence-corrected chi connectivity index (χ1v) is 5.35. The normalized spacial score (nSPS) is 22.0. The number of carboxylic acids is 1. The van der Waals surface area contributed by atoms with Gasteiger partial charge < -0.3 is 10.4 Å². The molecule has 90 valence electrons. The van der Waals surface area contributed by atoms with E-state index in [2.05, 4.69) is 5.32 Å². The molecule has 2 N–H and O–H groups in total. The fourth-order valence-electron chi connectivity index (χ4n) is 1.57. The van der Waals surface area contributed by atoms with Crippen LogP contribution in [0.4, 0.5) is 10.1 Å². The van der Waals surface area contributed by atoms with Crippen LogP contribution in [0.3, 0.4) is 0 Å². The van der Waals surface area contributed by atoms with Crippen molar-refractivity contribution in [1.82, 2.24) is 0 Å². The minimum Gasteiger partial charge on any atom is -0.481 e. The molecule has 0 heterocycles. The number of anilines is 1. The minimum atomic E-state index is -0.977. The van der Waals surface area contributed by atoms with Crippen molar-refractivity contribution in [1.29, 1.82) is 0 Å². The summed E-state index contributed by atoms with van der Waals surface area (Å²) in [6.07, 6.45) is 0.333. The van der Waals surface area contributed by atoms with Gasteiger partial charge in [0.25, 0.3) is 0 Å². The third-order valence-electron chi connectivity index (χ3n) is 2.63. The molecule has 0 radical (unpaired) electrons. The van der Waals surface area contributed by atoms with E-state index in [1.165, 1.54) is 12.1 Å². The SMILES string of the molecule is O=C(O)C1CC1C(=O)Nc1ccc(F)cc1Cl. The van der Waals surface area contributed by atoms with Gasteiger partial charge in [-0.25, -0.2) is 4.39 Å². The number of hydrogen-bond donors (Lipinski definition) is 2. The Balaban J connectivity index is 2.02. The minimum absolute atomic E-state index is 0.0888. The fourth-order valence-corrected chi connectivity index (χ4v) is 1.79. The highest BCUT2D eigenvalue weighted by Gasteiger charge is 2.48. The molecule has 4 nitrogen and oxygen atoms in total. The van der Waals surface area contributed by atoms with Crippen molar-refractivity contribution < 1.29 is 19.1 Å². The molecular weight excluding hydrogens is 249 g/mol. The molecule has 0 saturated heterocycles. The number of aliphatic carboxylic acids is 1. The second-order valence-electron chi connectivity index (χ2n) is 3.90. The van der Waals surface area contributed by atoms with Crippen molar-refractivity contribution in [3.8, 4) is 0 Å². The summed E-state index contributed by atoms with van der Waals surface area (Å²) in [4.78, 5) is 22.2.